The zero-order chi connectivity index (χ0) is 23.1. The van der Waals surface area contributed by atoms with Crippen LogP contribution in [0.15, 0.2) is 61.0 Å². The Balaban J connectivity index is 2.18. The van der Waals surface area contributed by atoms with Crippen molar-refractivity contribution in [3.05, 3.63) is 87.3 Å². The highest BCUT2D eigenvalue weighted by atomic mass is 35.5. The molecule has 0 saturated heterocycles. The number of halogens is 3. The van der Waals surface area contributed by atoms with Gasteiger partial charge in [0.25, 0.3) is 0 Å². The summed E-state index contributed by atoms with van der Waals surface area (Å²) in [5, 5.41) is 12.3. The van der Waals surface area contributed by atoms with E-state index in [0.717, 1.165) is 0 Å². The lowest BCUT2D eigenvalue weighted by Gasteiger charge is -2.47. The zero-order valence-corrected chi connectivity index (χ0v) is 19.5. The Morgan fingerprint density at radius 3 is 2.38 bits per heavy atom. The molecule has 1 aromatic carbocycles. The minimum atomic E-state index is -1.55. The van der Waals surface area contributed by atoms with Gasteiger partial charge in [0.05, 0.1) is 17.2 Å². The van der Waals surface area contributed by atoms with Gasteiger partial charge < -0.3 is 9.84 Å². The van der Waals surface area contributed by atoms with Gasteiger partial charge in [0.15, 0.2) is 0 Å². The second-order valence-electron chi connectivity index (χ2n) is 7.48. The fraction of sp³-hybridized carbons (Fsp3) is 0.208. The van der Waals surface area contributed by atoms with E-state index in [2.05, 4.69) is 9.97 Å². The number of pyridine rings is 2. The molecule has 1 aliphatic carbocycles. The molecule has 164 valence electrons. The monoisotopic (exact) mass is 488 g/mol. The first-order valence-corrected chi connectivity index (χ1v) is 11.0. The number of nitrogens with zero attached hydrogens (tertiary/aromatic N) is 2. The first kappa shape index (κ1) is 22.6. The number of aromatic nitrogens is 2. The number of ether oxygens (including phenoxy) is 1. The van der Waals surface area contributed by atoms with Gasteiger partial charge in [-0.05, 0) is 30.2 Å². The van der Waals surface area contributed by atoms with Crippen LogP contribution in [-0.4, -0.2) is 28.2 Å². The maximum Gasteiger partial charge on any atom is 0.319 e. The van der Waals surface area contributed by atoms with Gasteiger partial charge >= 0.3 is 5.97 Å². The number of carbonyl (C=O) groups is 1. The lowest BCUT2D eigenvalue weighted by Crippen LogP contribution is -2.53. The second kappa shape index (κ2) is 8.39. The van der Waals surface area contributed by atoms with Crippen LogP contribution in [0.1, 0.15) is 24.5 Å². The molecule has 0 radical (unpaired) electrons. The van der Waals surface area contributed by atoms with E-state index in [4.69, 9.17) is 39.5 Å². The quantitative estimate of drug-likeness (QED) is 0.420. The number of carboxylic acid groups (broad SMARTS) is 1. The molecular weight excluding hydrogens is 471 g/mol. The summed E-state index contributed by atoms with van der Waals surface area (Å²) in [4.78, 5) is 21.7. The molecule has 0 amide bonds. The predicted molar refractivity (Wildman–Crippen MR) is 127 cm³/mol. The lowest BCUT2D eigenvalue weighted by atomic mass is 9.53. The average molecular weight is 490 g/mol. The summed E-state index contributed by atoms with van der Waals surface area (Å²) in [6.07, 6.45) is 10.4. The molecule has 0 aliphatic heterocycles. The predicted octanol–water partition coefficient (Wildman–Crippen LogP) is 6.40. The zero-order valence-electron chi connectivity index (χ0n) is 17.3. The van der Waals surface area contributed by atoms with E-state index in [1.807, 2.05) is 19.1 Å². The van der Waals surface area contributed by atoms with Crippen LogP contribution in [0.2, 0.25) is 15.2 Å². The number of carboxylic acids is 1. The van der Waals surface area contributed by atoms with Crippen molar-refractivity contribution < 1.29 is 14.6 Å². The maximum atomic E-state index is 13.2. The van der Waals surface area contributed by atoms with E-state index in [-0.39, 0.29) is 5.15 Å². The Morgan fingerprint density at radius 1 is 1.06 bits per heavy atom. The summed E-state index contributed by atoms with van der Waals surface area (Å²) < 4.78 is 5.47. The van der Waals surface area contributed by atoms with E-state index < -0.39 is 16.8 Å². The number of aliphatic carboxylic acids is 1. The van der Waals surface area contributed by atoms with Crippen molar-refractivity contribution in [2.75, 3.05) is 7.11 Å². The van der Waals surface area contributed by atoms with Gasteiger partial charge in [0.2, 0.25) is 0 Å². The van der Waals surface area contributed by atoms with E-state index >= 15 is 0 Å². The molecule has 2 atom stereocenters. The van der Waals surface area contributed by atoms with Crippen LogP contribution >= 0.6 is 34.8 Å². The van der Waals surface area contributed by atoms with Crippen LogP contribution in [0.25, 0.3) is 10.9 Å². The van der Waals surface area contributed by atoms with Gasteiger partial charge in [-0.1, -0.05) is 72.1 Å². The van der Waals surface area contributed by atoms with Crippen molar-refractivity contribution in [2.24, 2.45) is 0 Å². The Bertz CT molecular complexity index is 1270. The van der Waals surface area contributed by atoms with Crippen molar-refractivity contribution in [1.29, 1.82) is 0 Å². The van der Waals surface area contributed by atoms with Gasteiger partial charge in [0.1, 0.15) is 21.8 Å². The fourth-order valence-electron chi connectivity index (χ4n) is 4.78. The molecule has 0 spiro atoms. The van der Waals surface area contributed by atoms with Crippen molar-refractivity contribution in [1.82, 2.24) is 9.97 Å². The molecule has 2 aromatic heterocycles. The van der Waals surface area contributed by atoms with Crippen molar-refractivity contribution in [2.45, 2.75) is 24.2 Å². The average Bonchev–Trinajstić information content (AvgIpc) is 2.78. The number of allylic oxidation sites excluding steroid dienone is 3. The molecule has 32 heavy (non-hydrogen) atoms. The number of hydrogen-bond donors (Lipinski definition) is 1. The second-order valence-corrected chi connectivity index (χ2v) is 8.68. The third kappa shape index (κ3) is 3.11. The summed E-state index contributed by atoms with van der Waals surface area (Å²) in [5.74, 6) is -0.561. The van der Waals surface area contributed by atoms with E-state index in [1.165, 1.54) is 19.5 Å². The molecular formula is C24H19Cl3N2O3. The highest BCUT2D eigenvalue weighted by Gasteiger charge is 2.58. The maximum absolute atomic E-state index is 13.2. The van der Waals surface area contributed by atoms with Crippen molar-refractivity contribution in [3.8, 4) is 5.75 Å². The van der Waals surface area contributed by atoms with E-state index in [0.29, 0.717) is 44.2 Å². The SMILES string of the molecule is CCC1(c2c(Cl)cncc2Cl)C=CC=CC1(C(=O)O)c1ccc(OC)c2nc(Cl)ccc12. The van der Waals surface area contributed by atoms with E-state index in [9.17, 15) is 9.90 Å². The molecule has 2 heterocycles. The van der Waals surface area contributed by atoms with Gasteiger partial charge in [-0.2, -0.15) is 0 Å². The number of rotatable bonds is 5. The van der Waals surface area contributed by atoms with Gasteiger partial charge in [-0.25, -0.2) is 4.98 Å². The highest BCUT2D eigenvalue weighted by molar-refractivity contribution is 6.36. The molecule has 0 bridgehead atoms. The Labute approximate surface area is 200 Å². The molecule has 3 aromatic rings. The fourth-order valence-corrected chi connectivity index (χ4v) is 5.62. The topological polar surface area (TPSA) is 72.3 Å². The number of benzene rings is 1. The summed E-state index contributed by atoms with van der Waals surface area (Å²) in [6, 6.07) is 6.84. The summed E-state index contributed by atoms with van der Waals surface area (Å²) >= 11 is 19.3. The molecule has 0 saturated carbocycles. The molecule has 8 heteroatoms. The smallest absolute Gasteiger partial charge is 0.319 e. The minimum Gasteiger partial charge on any atom is -0.494 e. The number of fused-ring (bicyclic) bond motifs is 1. The number of methoxy groups -OCH3 is 1. The van der Waals surface area contributed by atoms with Crippen molar-refractivity contribution >= 4 is 51.7 Å². The van der Waals surface area contributed by atoms with Crippen LogP contribution in [0.4, 0.5) is 0 Å². The normalized spacial score (nSPS) is 22.3. The largest absolute Gasteiger partial charge is 0.494 e. The van der Waals surface area contributed by atoms with Crippen LogP contribution in [-0.2, 0) is 15.6 Å². The van der Waals surface area contributed by atoms with Gasteiger partial charge in [-0.15, -0.1) is 0 Å². The minimum absolute atomic E-state index is 0.276. The summed E-state index contributed by atoms with van der Waals surface area (Å²) in [6.45, 7) is 1.91. The third-order valence-corrected chi connectivity index (χ3v) is 6.95. The standard InChI is InChI=1S/C24H19Cl3N2O3/c1-3-23(20-16(25)12-28-13-17(20)26)10-4-5-11-24(23,22(30)31)15-7-8-18(32-2)21-14(15)6-9-19(27)29-21/h4-13H,3H2,1-2H3,(H,30,31). The van der Waals surface area contributed by atoms with Crippen LogP contribution < -0.4 is 4.74 Å². The van der Waals surface area contributed by atoms with Crippen LogP contribution in [0, 0.1) is 0 Å². The highest BCUT2D eigenvalue weighted by Crippen LogP contribution is 2.55. The molecule has 4 rings (SSSR count). The third-order valence-electron chi connectivity index (χ3n) is 6.17. The van der Waals surface area contributed by atoms with Crippen LogP contribution in [0.5, 0.6) is 5.75 Å². The molecule has 1 aliphatic rings. The van der Waals surface area contributed by atoms with Crippen LogP contribution in [0.3, 0.4) is 0 Å². The van der Waals surface area contributed by atoms with Gasteiger partial charge in [-0.3, -0.25) is 9.78 Å². The van der Waals surface area contributed by atoms with Crippen molar-refractivity contribution in [3.63, 3.8) is 0 Å². The van der Waals surface area contributed by atoms with Gasteiger partial charge in [0, 0.05) is 28.8 Å². The molecule has 1 N–H and O–H groups in total. The van der Waals surface area contributed by atoms with E-state index in [1.54, 1.807) is 36.4 Å². The Morgan fingerprint density at radius 2 is 1.75 bits per heavy atom. The summed E-state index contributed by atoms with van der Waals surface area (Å²) in [5.41, 5.74) is -1.15. The Kier molecular flexibility index (Phi) is 5.93. The lowest BCUT2D eigenvalue weighted by molar-refractivity contribution is -0.144. The molecule has 0 fully saturated rings. The molecule has 2 unspecified atom stereocenters. The first-order valence-electron chi connectivity index (χ1n) is 9.86. The number of hydrogen-bond acceptors (Lipinski definition) is 4. The Hall–Kier alpha value is -2.60. The summed E-state index contributed by atoms with van der Waals surface area (Å²) in [7, 11) is 1.53. The molecule has 5 nitrogen and oxygen atoms in total. The first-order chi connectivity index (χ1) is 15.3.